The fourth-order valence-corrected chi connectivity index (χ4v) is 2.34. The molecular weight excluding hydrogens is 274 g/mol. The van der Waals surface area contributed by atoms with Crippen molar-refractivity contribution >= 4 is 33.8 Å². The summed E-state index contributed by atoms with van der Waals surface area (Å²) < 4.78 is 0. The van der Waals surface area contributed by atoms with Crippen molar-refractivity contribution in [2.45, 2.75) is 13.3 Å². The first-order valence-corrected chi connectivity index (χ1v) is 7.38. The third kappa shape index (κ3) is 2.79. The minimum Gasteiger partial charge on any atom is -0.393 e. The van der Waals surface area contributed by atoms with E-state index in [1.807, 2.05) is 24.3 Å². The second kappa shape index (κ2) is 6.30. The maximum Gasteiger partial charge on any atom is 0.159 e. The van der Waals surface area contributed by atoms with E-state index in [0.29, 0.717) is 17.3 Å². The van der Waals surface area contributed by atoms with Crippen LogP contribution in [-0.2, 0) is 0 Å². The summed E-state index contributed by atoms with van der Waals surface area (Å²) >= 11 is 0. The van der Waals surface area contributed by atoms with Gasteiger partial charge in [-0.1, -0.05) is 43.3 Å². The number of benzene rings is 2. The minimum absolute atomic E-state index is 0.531. The number of hydrogen-bond donors (Lipinski definition) is 3. The molecule has 0 aliphatic rings. The zero-order valence-corrected chi connectivity index (χ0v) is 12.5. The van der Waals surface area contributed by atoms with E-state index >= 15 is 0 Å². The topological polar surface area (TPSA) is 75.9 Å². The number of anilines is 4. The number of rotatable bonds is 5. The lowest BCUT2D eigenvalue weighted by molar-refractivity contribution is 0.966. The van der Waals surface area contributed by atoms with Crippen LogP contribution in [0.2, 0.25) is 0 Å². The summed E-state index contributed by atoms with van der Waals surface area (Å²) in [6, 6.07) is 14.3. The Labute approximate surface area is 129 Å². The zero-order chi connectivity index (χ0) is 15.4. The summed E-state index contributed by atoms with van der Waals surface area (Å²) in [5.41, 5.74) is 7.67. The summed E-state index contributed by atoms with van der Waals surface area (Å²) in [5.74, 6) is 1.28. The molecule has 0 atom stereocenters. The van der Waals surface area contributed by atoms with Gasteiger partial charge >= 0.3 is 0 Å². The lowest BCUT2D eigenvalue weighted by Gasteiger charge is -2.13. The third-order valence-corrected chi connectivity index (χ3v) is 3.47. The Bertz CT molecular complexity index is 780. The van der Waals surface area contributed by atoms with E-state index < -0.39 is 0 Å². The standard InChI is InChI=1S/C17H19N5/c1-2-10-19-16-15(18)17(21-11-20-16)22-14-9-5-7-12-6-3-4-8-13(12)14/h3-9,11H,2,10,18H2,1H3,(H2,19,20,21,22). The molecule has 1 heterocycles. The van der Waals surface area contributed by atoms with Gasteiger partial charge in [0.15, 0.2) is 11.6 Å². The van der Waals surface area contributed by atoms with Gasteiger partial charge in [-0.05, 0) is 17.9 Å². The molecule has 0 aliphatic heterocycles. The minimum atomic E-state index is 0.531. The molecule has 4 N–H and O–H groups in total. The summed E-state index contributed by atoms with van der Waals surface area (Å²) in [4.78, 5) is 8.46. The Morgan fingerprint density at radius 2 is 1.77 bits per heavy atom. The van der Waals surface area contributed by atoms with Gasteiger partial charge in [0.25, 0.3) is 0 Å². The molecule has 112 valence electrons. The largest absolute Gasteiger partial charge is 0.393 e. The van der Waals surface area contributed by atoms with Crippen molar-refractivity contribution in [3.8, 4) is 0 Å². The first-order valence-electron chi connectivity index (χ1n) is 7.38. The van der Waals surface area contributed by atoms with Crippen LogP contribution in [0.25, 0.3) is 10.8 Å². The zero-order valence-electron chi connectivity index (χ0n) is 12.5. The van der Waals surface area contributed by atoms with Gasteiger partial charge in [-0.15, -0.1) is 0 Å². The maximum atomic E-state index is 6.17. The third-order valence-electron chi connectivity index (χ3n) is 3.47. The van der Waals surface area contributed by atoms with Gasteiger partial charge in [-0.2, -0.15) is 0 Å². The highest BCUT2D eigenvalue weighted by molar-refractivity contribution is 5.96. The van der Waals surface area contributed by atoms with Crippen LogP contribution >= 0.6 is 0 Å². The van der Waals surface area contributed by atoms with Crippen LogP contribution in [0, 0.1) is 0 Å². The summed E-state index contributed by atoms with van der Waals surface area (Å²) in [6.45, 7) is 2.93. The lowest BCUT2D eigenvalue weighted by Crippen LogP contribution is -2.08. The average Bonchev–Trinajstić information content (AvgIpc) is 2.56. The number of nitrogens with zero attached hydrogens (tertiary/aromatic N) is 2. The van der Waals surface area contributed by atoms with Crippen LogP contribution in [0.5, 0.6) is 0 Å². The molecule has 2 aromatic carbocycles. The summed E-state index contributed by atoms with van der Waals surface area (Å²) in [5, 5.41) is 8.83. The number of fused-ring (bicyclic) bond motifs is 1. The van der Waals surface area contributed by atoms with Crippen molar-refractivity contribution in [2.75, 3.05) is 22.9 Å². The van der Waals surface area contributed by atoms with Gasteiger partial charge in [-0.25, -0.2) is 9.97 Å². The Hall–Kier alpha value is -2.82. The SMILES string of the molecule is CCCNc1ncnc(Nc2cccc3ccccc23)c1N. The van der Waals surface area contributed by atoms with E-state index in [2.05, 4.69) is 45.7 Å². The van der Waals surface area contributed by atoms with Crippen LogP contribution in [-0.4, -0.2) is 16.5 Å². The van der Waals surface area contributed by atoms with Crippen LogP contribution in [0.15, 0.2) is 48.8 Å². The maximum absolute atomic E-state index is 6.17. The molecule has 0 spiro atoms. The molecule has 0 saturated carbocycles. The normalized spacial score (nSPS) is 10.6. The van der Waals surface area contributed by atoms with Crippen LogP contribution in [0.1, 0.15) is 13.3 Å². The van der Waals surface area contributed by atoms with Gasteiger partial charge in [-0.3, -0.25) is 0 Å². The highest BCUT2D eigenvalue weighted by Gasteiger charge is 2.09. The Kier molecular flexibility index (Phi) is 4.05. The molecule has 0 radical (unpaired) electrons. The first-order chi connectivity index (χ1) is 10.8. The Morgan fingerprint density at radius 3 is 2.64 bits per heavy atom. The predicted molar refractivity (Wildman–Crippen MR) is 92.5 cm³/mol. The van der Waals surface area contributed by atoms with Gasteiger partial charge in [0.05, 0.1) is 0 Å². The molecule has 3 rings (SSSR count). The number of nitrogen functional groups attached to an aromatic ring is 1. The van der Waals surface area contributed by atoms with Gasteiger partial charge < -0.3 is 16.4 Å². The van der Waals surface area contributed by atoms with Crippen LogP contribution < -0.4 is 16.4 Å². The molecule has 0 saturated heterocycles. The number of hydrogen-bond acceptors (Lipinski definition) is 5. The highest BCUT2D eigenvalue weighted by Crippen LogP contribution is 2.29. The highest BCUT2D eigenvalue weighted by atomic mass is 15.1. The van der Waals surface area contributed by atoms with Gasteiger partial charge in [0.1, 0.15) is 12.0 Å². The molecule has 0 amide bonds. The summed E-state index contributed by atoms with van der Waals surface area (Å²) in [7, 11) is 0. The second-order valence-corrected chi connectivity index (χ2v) is 5.06. The monoisotopic (exact) mass is 293 g/mol. The van der Waals surface area contributed by atoms with E-state index in [4.69, 9.17) is 5.73 Å². The van der Waals surface area contributed by atoms with Crippen molar-refractivity contribution in [3.63, 3.8) is 0 Å². The van der Waals surface area contributed by atoms with E-state index in [1.54, 1.807) is 0 Å². The van der Waals surface area contributed by atoms with Crippen molar-refractivity contribution in [1.29, 1.82) is 0 Å². The van der Waals surface area contributed by atoms with Crippen molar-refractivity contribution in [3.05, 3.63) is 48.8 Å². The number of nitrogens with one attached hydrogen (secondary N) is 2. The van der Waals surface area contributed by atoms with E-state index in [0.717, 1.165) is 24.0 Å². The van der Waals surface area contributed by atoms with Crippen molar-refractivity contribution in [1.82, 2.24) is 9.97 Å². The van der Waals surface area contributed by atoms with Crippen molar-refractivity contribution in [2.24, 2.45) is 0 Å². The first kappa shape index (κ1) is 14.1. The van der Waals surface area contributed by atoms with Crippen LogP contribution in [0.3, 0.4) is 0 Å². The molecule has 5 nitrogen and oxygen atoms in total. The van der Waals surface area contributed by atoms with Gasteiger partial charge in [0, 0.05) is 17.6 Å². The molecule has 0 fully saturated rings. The molecule has 5 heteroatoms. The molecule has 0 bridgehead atoms. The molecule has 0 aliphatic carbocycles. The summed E-state index contributed by atoms with van der Waals surface area (Å²) in [6.07, 6.45) is 2.53. The predicted octanol–water partition coefficient (Wildman–Crippen LogP) is 3.78. The van der Waals surface area contributed by atoms with E-state index in [9.17, 15) is 0 Å². The molecule has 1 aromatic heterocycles. The van der Waals surface area contributed by atoms with E-state index in [-0.39, 0.29) is 0 Å². The molecule has 0 unspecified atom stereocenters. The number of nitrogens with two attached hydrogens (primary N) is 1. The van der Waals surface area contributed by atoms with E-state index in [1.165, 1.54) is 11.7 Å². The van der Waals surface area contributed by atoms with Crippen LogP contribution in [0.4, 0.5) is 23.0 Å². The second-order valence-electron chi connectivity index (χ2n) is 5.06. The molecular formula is C17H19N5. The average molecular weight is 293 g/mol. The fourth-order valence-electron chi connectivity index (χ4n) is 2.34. The quantitative estimate of drug-likeness (QED) is 0.667. The molecule has 22 heavy (non-hydrogen) atoms. The fraction of sp³-hybridized carbons (Fsp3) is 0.176. The smallest absolute Gasteiger partial charge is 0.159 e. The lowest BCUT2D eigenvalue weighted by atomic mass is 10.1. The molecule has 3 aromatic rings. The number of aromatic nitrogens is 2. The Balaban J connectivity index is 1.95. The Morgan fingerprint density at radius 1 is 1.00 bits per heavy atom. The van der Waals surface area contributed by atoms with Gasteiger partial charge in [0.2, 0.25) is 0 Å². The van der Waals surface area contributed by atoms with Crippen molar-refractivity contribution < 1.29 is 0 Å².